The average Bonchev–Trinajstić information content (AvgIpc) is 2.08. The van der Waals surface area contributed by atoms with Crippen molar-refractivity contribution in [3.63, 3.8) is 0 Å². The van der Waals surface area contributed by atoms with Crippen LogP contribution in [0.5, 0.6) is 0 Å². The van der Waals surface area contributed by atoms with E-state index in [1.54, 1.807) is 0 Å². The Morgan fingerprint density at radius 3 is 1.21 bits per heavy atom. The average molecular weight is 328 g/mol. The third-order valence-corrected chi connectivity index (χ3v) is 3.01. The van der Waals surface area contributed by atoms with Crippen molar-refractivity contribution >= 4 is 10.1 Å². The van der Waals surface area contributed by atoms with Gasteiger partial charge in [0.05, 0.1) is 5.75 Å². The molecule has 0 fully saturated rings. The van der Waals surface area contributed by atoms with E-state index in [2.05, 4.69) is 4.18 Å². The number of halogens is 9. The maximum atomic E-state index is 12.2. The van der Waals surface area contributed by atoms with E-state index in [0.717, 1.165) is 0 Å². The van der Waals surface area contributed by atoms with Gasteiger partial charge < -0.3 is 0 Å². The zero-order chi connectivity index (χ0) is 15.9. The molecule has 0 aromatic rings. The zero-order valence-corrected chi connectivity index (χ0v) is 9.56. The highest BCUT2D eigenvalue weighted by Crippen LogP contribution is 2.55. The Balaban J connectivity index is 6.29. The van der Waals surface area contributed by atoms with E-state index in [4.69, 9.17) is 0 Å². The molecule has 0 aliphatic carbocycles. The Morgan fingerprint density at radius 2 is 1.05 bits per heavy atom. The molecule has 0 atom stereocenters. The molecule has 0 saturated carbocycles. The third-order valence-electron chi connectivity index (χ3n) is 1.80. The predicted octanol–water partition coefficient (Wildman–Crippen LogP) is 2.78. The lowest BCUT2D eigenvalue weighted by atomic mass is 10.0. The van der Waals surface area contributed by atoms with Gasteiger partial charge in [-0.1, -0.05) is 0 Å². The molecule has 0 N–H and O–H groups in total. The fraction of sp³-hybridized carbons (Fsp3) is 1.00. The number of hydrogen-bond donors (Lipinski definition) is 0. The maximum absolute atomic E-state index is 12.2. The van der Waals surface area contributed by atoms with Gasteiger partial charge in [-0.15, -0.1) is 0 Å². The first kappa shape index (κ1) is 18.3. The quantitative estimate of drug-likeness (QED) is 0.591. The smallest absolute Gasteiger partial charge is 0.235 e. The second-order valence-corrected chi connectivity index (χ2v) is 4.96. The highest BCUT2D eigenvalue weighted by Gasteiger charge is 2.87. The summed E-state index contributed by atoms with van der Waals surface area (Å²) in [6.07, 6.45) is -21.2. The molecule has 0 aromatic carbocycles. The Bertz CT molecular complexity index is 379. The van der Waals surface area contributed by atoms with Crippen molar-refractivity contribution < 1.29 is 52.1 Å². The molecule has 0 aliphatic heterocycles. The second-order valence-electron chi connectivity index (χ2n) is 3.10. The molecule has 0 spiro atoms. The van der Waals surface area contributed by atoms with Gasteiger partial charge in [-0.25, -0.2) is 4.18 Å². The summed E-state index contributed by atoms with van der Waals surface area (Å²) in [5, 5.41) is 0. The van der Waals surface area contributed by atoms with Crippen LogP contribution in [0.25, 0.3) is 0 Å². The molecule has 0 amide bonds. The molecular formula is C6H5F9O3S. The summed E-state index contributed by atoms with van der Waals surface area (Å²) in [5.41, 5.74) is -6.79. The van der Waals surface area contributed by atoms with E-state index in [9.17, 15) is 47.9 Å². The highest BCUT2D eigenvalue weighted by molar-refractivity contribution is 7.86. The molecule has 0 saturated heterocycles. The lowest BCUT2D eigenvalue weighted by molar-refractivity contribution is -0.436. The second kappa shape index (κ2) is 4.68. The molecule has 0 radical (unpaired) electrons. The Morgan fingerprint density at radius 1 is 0.789 bits per heavy atom. The monoisotopic (exact) mass is 328 g/mol. The van der Waals surface area contributed by atoms with E-state index in [-0.39, 0.29) is 0 Å². The van der Waals surface area contributed by atoms with Gasteiger partial charge in [0, 0.05) is 0 Å². The Hall–Kier alpha value is -0.720. The summed E-state index contributed by atoms with van der Waals surface area (Å²) in [7, 11) is -5.69. The molecule has 3 nitrogen and oxygen atoms in total. The first-order valence-electron chi connectivity index (χ1n) is 4.15. The lowest BCUT2D eigenvalue weighted by Gasteiger charge is -2.36. The summed E-state index contributed by atoms with van der Waals surface area (Å²) in [6.45, 7) is 0.517. The molecule has 13 heteroatoms. The van der Waals surface area contributed by atoms with Crippen LogP contribution in [0.1, 0.15) is 6.92 Å². The van der Waals surface area contributed by atoms with E-state index in [0.29, 0.717) is 6.92 Å². The molecule has 0 bridgehead atoms. The molecule has 116 valence electrons. The number of rotatable bonds is 3. The standard InChI is InChI=1S/C6H5F9O3S/c1-2-19(16,17)18-3(4(7,8)9,5(10,11)12)6(13,14)15/h2H2,1H3. The molecule has 0 aliphatic rings. The van der Waals surface area contributed by atoms with Crippen LogP contribution < -0.4 is 0 Å². The van der Waals surface area contributed by atoms with Gasteiger partial charge in [0.25, 0.3) is 10.1 Å². The minimum atomic E-state index is -7.06. The number of hydrogen-bond acceptors (Lipinski definition) is 3. The summed E-state index contributed by atoms with van der Waals surface area (Å²) < 4.78 is 134. The van der Waals surface area contributed by atoms with Gasteiger partial charge in [0.15, 0.2) is 0 Å². The summed E-state index contributed by atoms with van der Waals surface area (Å²) in [6, 6.07) is 0. The van der Waals surface area contributed by atoms with Crippen molar-refractivity contribution in [3.05, 3.63) is 0 Å². The van der Waals surface area contributed by atoms with Crippen LogP contribution in [0.4, 0.5) is 39.5 Å². The van der Waals surface area contributed by atoms with Gasteiger partial charge in [0.1, 0.15) is 0 Å². The van der Waals surface area contributed by atoms with Crippen LogP contribution in [-0.4, -0.2) is 38.3 Å². The molecular weight excluding hydrogens is 323 g/mol. The Kier molecular flexibility index (Phi) is 4.50. The van der Waals surface area contributed by atoms with Crippen molar-refractivity contribution in [3.8, 4) is 0 Å². The van der Waals surface area contributed by atoms with Crippen LogP contribution >= 0.6 is 0 Å². The molecule has 0 rings (SSSR count). The summed E-state index contributed by atoms with van der Waals surface area (Å²) in [4.78, 5) is 0. The van der Waals surface area contributed by atoms with Crippen LogP contribution in [0.2, 0.25) is 0 Å². The Labute approximate surface area is 100 Å². The highest BCUT2D eigenvalue weighted by atomic mass is 32.2. The van der Waals surface area contributed by atoms with Crippen molar-refractivity contribution in [2.45, 2.75) is 31.1 Å². The van der Waals surface area contributed by atoms with Gasteiger partial charge in [-0.2, -0.15) is 47.9 Å². The lowest BCUT2D eigenvalue weighted by Crippen LogP contribution is -2.68. The fourth-order valence-electron chi connectivity index (χ4n) is 0.873. The van der Waals surface area contributed by atoms with E-state index < -0.39 is 40.0 Å². The minimum absolute atomic E-state index is 0.517. The molecule has 0 heterocycles. The van der Waals surface area contributed by atoms with Crippen LogP contribution in [-0.2, 0) is 14.3 Å². The zero-order valence-electron chi connectivity index (χ0n) is 8.74. The first-order valence-corrected chi connectivity index (χ1v) is 5.73. The topological polar surface area (TPSA) is 43.4 Å². The van der Waals surface area contributed by atoms with Crippen LogP contribution in [0, 0.1) is 0 Å². The fourth-order valence-corrected chi connectivity index (χ4v) is 1.66. The summed E-state index contributed by atoms with van der Waals surface area (Å²) in [5.74, 6) is -1.50. The first-order chi connectivity index (χ1) is 8.02. The van der Waals surface area contributed by atoms with Gasteiger partial charge >= 0.3 is 24.1 Å². The van der Waals surface area contributed by atoms with Gasteiger partial charge in [0.2, 0.25) is 0 Å². The van der Waals surface area contributed by atoms with Gasteiger partial charge in [-0.3, -0.25) is 0 Å². The minimum Gasteiger partial charge on any atom is -0.235 e. The third kappa shape index (κ3) is 3.24. The largest absolute Gasteiger partial charge is 0.437 e. The van der Waals surface area contributed by atoms with Crippen molar-refractivity contribution in [1.29, 1.82) is 0 Å². The van der Waals surface area contributed by atoms with E-state index in [1.165, 1.54) is 0 Å². The molecule has 0 aromatic heterocycles. The number of alkyl halides is 9. The SMILES string of the molecule is CCS(=O)(=O)OC(C(F)(F)F)(C(F)(F)F)C(F)(F)F. The van der Waals surface area contributed by atoms with Crippen LogP contribution in [0.3, 0.4) is 0 Å². The molecule has 0 unspecified atom stereocenters. The van der Waals surface area contributed by atoms with Crippen LogP contribution in [0.15, 0.2) is 0 Å². The normalized spacial score (nSPS) is 15.7. The van der Waals surface area contributed by atoms with E-state index in [1.807, 2.05) is 0 Å². The van der Waals surface area contributed by atoms with E-state index >= 15 is 0 Å². The summed E-state index contributed by atoms with van der Waals surface area (Å²) >= 11 is 0. The van der Waals surface area contributed by atoms with Crippen molar-refractivity contribution in [2.75, 3.05) is 5.75 Å². The molecule has 19 heavy (non-hydrogen) atoms. The van der Waals surface area contributed by atoms with Gasteiger partial charge in [-0.05, 0) is 6.92 Å². The maximum Gasteiger partial charge on any atom is 0.437 e. The predicted molar refractivity (Wildman–Crippen MR) is 41.4 cm³/mol. The van der Waals surface area contributed by atoms with Crippen molar-refractivity contribution in [2.24, 2.45) is 0 Å². The van der Waals surface area contributed by atoms with Crippen molar-refractivity contribution in [1.82, 2.24) is 0 Å².